The molecule has 33 heavy (non-hydrogen) atoms. The number of fused-ring (bicyclic) bond motifs is 1. The molecule has 0 radical (unpaired) electrons. The molecule has 0 spiro atoms. The molecule has 1 aromatic carbocycles. The van der Waals surface area contributed by atoms with Gasteiger partial charge in [-0.25, -0.2) is 9.97 Å². The number of ether oxygens (including phenoxy) is 2. The van der Waals surface area contributed by atoms with E-state index in [4.69, 9.17) is 20.2 Å². The van der Waals surface area contributed by atoms with E-state index in [9.17, 15) is 0 Å². The molecule has 1 aliphatic carbocycles. The molecule has 1 aromatic heterocycles. The molecule has 7 heteroatoms. The summed E-state index contributed by atoms with van der Waals surface area (Å²) in [5.74, 6) is 3.38. The monoisotopic (exact) mass is 449 g/mol. The number of nitrogen functional groups attached to an aromatic ring is 1. The number of anilines is 3. The summed E-state index contributed by atoms with van der Waals surface area (Å²) < 4.78 is 11.9. The fraction of sp³-hybridized carbons (Fsp3) is 0.615. The van der Waals surface area contributed by atoms with Gasteiger partial charge in [0.15, 0.2) is 5.82 Å². The molecule has 2 saturated heterocycles. The zero-order chi connectivity index (χ0) is 22.2. The molecule has 176 valence electrons. The summed E-state index contributed by atoms with van der Waals surface area (Å²) in [6.45, 7) is 6.21. The molecule has 0 amide bonds. The molecule has 2 atom stereocenters. The molecule has 1 saturated carbocycles. The first-order valence-corrected chi connectivity index (χ1v) is 12.7. The first kappa shape index (κ1) is 21.2. The zero-order valence-corrected chi connectivity index (χ0v) is 19.4. The highest BCUT2D eigenvalue weighted by atomic mass is 16.5. The Balaban J connectivity index is 1.16. The molecule has 4 aliphatic rings. The highest BCUT2D eigenvalue weighted by Gasteiger charge is 2.43. The van der Waals surface area contributed by atoms with Crippen molar-refractivity contribution in [1.29, 1.82) is 0 Å². The smallest absolute Gasteiger partial charge is 0.151 e. The third-order valence-corrected chi connectivity index (χ3v) is 8.02. The van der Waals surface area contributed by atoms with Crippen molar-refractivity contribution >= 4 is 17.2 Å². The Hall–Kier alpha value is -2.38. The normalized spacial score (nSPS) is 29.3. The number of nitrogens with zero attached hydrogens (tertiary/aromatic N) is 4. The van der Waals surface area contributed by atoms with E-state index in [2.05, 4.69) is 33.0 Å². The molecule has 2 aromatic rings. The second-order valence-electron chi connectivity index (χ2n) is 10.3. The van der Waals surface area contributed by atoms with E-state index < -0.39 is 0 Å². The lowest BCUT2D eigenvalue weighted by Gasteiger charge is -2.43. The quantitative estimate of drug-likeness (QED) is 0.685. The fourth-order valence-corrected chi connectivity index (χ4v) is 6.00. The minimum Gasteiger partial charge on any atom is -0.491 e. The van der Waals surface area contributed by atoms with Crippen molar-refractivity contribution in [3.63, 3.8) is 0 Å². The van der Waals surface area contributed by atoms with Crippen LogP contribution in [0, 0.1) is 11.8 Å². The second kappa shape index (κ2) is 9.11. The predicted octanol–water partition coefficient (Wildman–Crippen LogP) is 3.97. The van der Waals surface area contributed by atoms with Crippen LogP contribution in [0.3, 0.4) is 0 Å². The largest absolute Gasteiger partial charge is 0.491 e. The lowest BCUT2D eigenvalue weighted by Crippen LogP contribution is -2.44. The van der Waals surface area contributed by atoms with Gasteiger partial charge in [-0.1, -0.05) is 6.07 Å². The van der Waals surface area contributed by atoms with Crippen LogP contribution in [0.1, 0.15) is 50.1 Å². The maximum absolute atomic E-state index is 6.39. The Morgan fingerprint density at radius 1 is 1.12 bits per heavy atom. The summed E-state index contributed by atoms with van der Waals surface area (Å²) in [4.78, 5) is 14.0. The van der Waals surface area contributed by atoms with Gasteiger partial charge in [0.25, 0.3) is 0 Å². The van der Waals surface area contributed by atoms with Gasteiger partial charge in [0.2, 0.25) is 0 Å². The van der Waals surface area contributed by atoms with Gasteiger partial charge in [-0.3, -0.25) is 0 Å². The van der Waals surface area contributed by atoms with E-state index >= 15 is 0 Å². The molecule has 2 unspecified atom stereocenters. The van der Waals surface area contributed by atoms with E-state index in [0.717, 1.165) is 54.7 Å². The maximum Gasteiger partial charge on any atom is 0.151 e. The van der Waals surface area contributed by atoms with Crippen molar-refractivity contribution in [2.24, 2.45) is 11.8 Å². The molecule has 2 N–H and O–H groups in total. The Morgan fingerprint density at radius 3 is 2.82 bits per heavy atom. The SMILES string of the molecule is Nc1ncnc2c1N(c1cccc(OCC3CCCCO3)c1)CC2C1CC(CN2CCC2)C1. The van der Waals surface area contributed by atoms with Crippen LogP contribution in [0.4, 0.5) is 17.2 Å². The van der Waals surface area contributed by atoms with Gasteiger partial charge < -0.3 is 25.0 Å². The van der Waals surface area contributed by atoms with Crippen LogP contribution in [0.15, 0.2) is 30.6 Å². The number of rotatable bonds is 7. The average Bonchev–Trinajstić information content (AvgIpc) is 3.17. The third-order valence-electron chi connectivity index (χ3n) is 8.02. The average molecular weight is 450 g/mol. The van der Waals surface area contributed by atoms with Crippen molar-refractivity contribution in [1.82, 2.24) is 14.9 Å². The number of likely N-dealkylation sites (tertiary alicyclic amines) is 1. The second-order valence-corrected chi connectivity index (χ2v) is 10.3. The lowest BCUT2D eigenvalue weighted by atomic mass is 9.67. The van der Waals surface area contributed by atoms with Gasteiger partial charge in [0, 0.05) is 37.4 Å². The summed E-state index contributed by atoms with van der Waals surface area (Å²) in [5.41, 5.74) is 9.59. The van der Waals surface area contributed by atoms with E-state index in [0.29, 0.717) is 24.3 Å². The van der Waals surface area contributed by atoms with Crippen molar-refractivity contribution in [3.8, 4) is 5.75 Å². The Kier molecular flexibility index (Phi) is 5.84. The zero-order valence-electron chi connectivity index (χ0n) is 19.4. The molecule has 4 heterocycles. The van der Waals surface area contributed by atoms with Crippen LogP contribution < -0.4 is 15.4 Å². The molecule has 0 bridgehead atoms. The minimum absolute atomic E-state index is 0.200. The van der Waals surface area contributed by atoms with E-state index in [-0.39, 0.29) is 6.10 Å². The Labute approximate surface area is 196 Å². The van der Waals surface area contributed by atoms with Crippen molar-refractivity contribution in [3.05, 3.63) is 36.3 Å². The first-order chi connectivity index (χ1) is 16.2. The highest BCUT2D eigenvalue weighted by molar-refractivity contribution is 5.78. The number of hydrogen-bond acceptors (Lipinski definition) is 7. The molecular formula is C26H35N5O2. The third kappa shape index (κ3) is 4.28. The maximum atomic E-state index is 6.39. The van der Waals surface area contributed by atoms with Crippen molar-refractivity contribution in [2.75, 3.05) is 50.0 Å². The van der Waals surface area contributed by atoms with Crippen LogP contribution in [-0.2, 0) is 4.74 Å². The number of nitrogens with two attached hydrogens (primary N) is 1. The standard InChI is InChI=1S/C26H35N5O2/c27-26-25-24(28-17-29-26)23(19-11-18(12-19)14-30-8-4-9-30)15-31(25)20-5-3-7-21(13-20)33-16-22-6-1-2-10-32-22/h3,5,7,13,17-19,22-23H,1-2,4,6,8-12,14-16H2,(H2,27,28,29). The van der Waals surface area contributed by atoms with Crippen LogP contribution >= 0.6 is 0 Å². The summed E-state index contributed by atoms with van der Waals surface area (Å²) in [6, 6.07) is 8.34. The topological polar surface area (TPSA) is 76.7 Å². The summed E-state index contributed by atoms with van der Waals surface area (Å²) in [5, 5.41) is 0. The predicted molar refractivity (Wildman–Crippen MR) is 129 cm³/mol. The summed E-state index contributed by atoms with van der Waals surface area (Å²) >= 11 is 0. The minimum atomic E-state index is 0.200. The van der Waals surface area contributed by atoms with Gasteiger partial charge in [-0.2, -0.15) is 0 Å². The molecule has 7 nitrogen and oxygen atoms in total. The van der Waals surface area contributed by atoms with E-state index in [1.54, 1.807) is 6.33 Å². The van der Waals surface area contributed by atoms with Crippen LogP contribution in [0.5, 0.6) is 5.75 Å². The van der Waals surface area contributed by atoms with Gasteiger partial charge in [0.1, 0.15) is 24.4 Å². The van der Waals surface area contributed by atoms with Crippen LogP contribution in [0.2, 0.25) is 0 Å². The molecule has 6 rings (SSSR count). The molecular weight excluding hydrogens is 414 g/mol. The Morgan fingerprint density at radius 2 is 2.03 bits per heavy atom. The van der Waals surface area contributed by atoms with Gasteiger partial charge >= 0.3 is 0 Å². The lowest BCUT2D eigenvalue weighted by molar-refractivity contribution is -0.0110. The first-order valence-electron chi connectivity index (χ1n) is 12.7. The highest BCUT2D eigenvalue weighted by Crippen LogP contribution is 2.52. The fourth-order valence-electron chi connectivity index (χ4n) is 6.00. The van der Waals surface area contributed by atoms with Crippen LogP contribution in [0.25, 0.3) is 0 Å². The Bertz CT molecular complexity index is 969. The van der Waals surface area contributed by atoms with Gasteiger partial charge in [-0.15, -0.1) is 0 Å². The van der Waals surface area contributed by atoms with Crippen molar-refractivity contribution < 1.29 is 9.47 Å². The van der Waals surface area contributed by atoms with E-state index in [1.807, 2.05) is 6.07 Å². The van der Waals surface area contributed by atoms with Crippen LogP contribution in [-0.4, -0.2) is 60.4 Å². The van der Waals surface area contributed by atoms with Gasteiger partial charge in [0.05, 0.1) is 11.8 Å². The van der Waals surface area contributed by atoms with Crippen molar-refractivity contribution in [2.45, 2.75) is 50.5 Å². The summed E-state index contributed by atoms with van der Waals surface area (Å²) in [7, 11) is 0. The van der Waals surface area contributed by atoms with E-state index in [1.165, 1.54) is 45.3 Å². The molecule has 3 aliphatic heterocycles. The number of hydrogen-bond donors (Lipinski definition) is 1. The number of benzene rings is 1. The summed E-state index contributed by atoms with van der Waals surface area (Å²) in [6.07, 6.45) is 9.25. The molecule has 3 fully saturated rings. The van der Waals surface area contributed by atoms with Gasteiger partial charge in [-0.05, 0) is 75.6 Å². The number of aromatic nitrogens is 2.